The third-order valence-electron chi connectivity index (χ3n) is 6.09. The molecule has 8 heteroatoms. The number of hydrogen-bond acceptors (Lipinski definition) is 5. The van der Waals surface area contributed by atoms with Crippen LogP contribution in [-0.2, 0) is 9.59 Å². The number of nitrogens with one attached hydrogen (secondary N) is 1. The van der Waals surface area contributed by atoms with E-state index < -0.39 is 23.5 Å². The number of Topliss-reactive ketones (excluding diaryl/α,β-unsaturated/α-hetero) is 1. The molecule has 3 rings (SSSR count). The van der Waals surface area contributed by atoms with E-state index in [2.05, 4.69) is 13.8 Å². The first kappa shape index (κ1) is 24.3. The molecular weight excluding hydrogens is 427 g/mol. The number of quaternary nitrogens is 1. The van der Waals surface area contributed by atoms with Gasteiger partial charge in [-0.25, -0.2) is 4.39 Å². The smallest absolute Gasteiger partial charge is 0.295 e. The maximum Gasteiger partial charge on any atom is 0.295 e. The largest absolute Gasteiger partial charge is 0.507 e. The summed E-state index contributed by atoms with van der Waals surface area (Å²) >= 11 is 0. The molecule has 2 N–H and O–H groups in total. The number of amides is 1. The molecule has 7 nitrogen and oxygen atoms in total. The fourth-order valence-electron chi connectivity index (χ4n) is 4.13. The van der Waals surface area contributed by atoms with Gasteiger partial charge in [-0.15, -0.1) is 0 Å². The Morgan fingerprint density at radius 2 is 1.67 bits per heavy atom. The van der Waals surface area contributed by atoms with E-state index in [0.29, 0.717) is 30.2 Å². The molecular formula is C25H30FN2O5+. The molecule has 0 aliphatic carbocycles. The van der Waals surface area contributed by atoms with Gasteiger partial charge in [-0.1, -0.05) is 6.07 Å². The van der Waals surface area contributed by atoms with Crippen molar-refractivity contribution in [2.45, 2.75) is 19.9 Å². The minimum atomic E-state index is -0.815. The lowest BCUT2D eigenvalue weighted by molar-refractivity contribution is -0.895. The molecule has 1 atom stereocenters. The van der Waals surface area contributed by atoms with Crippen molar-refractivity contribution in [3.8, 4) is 11.5 Å². The lowest BCUT2D eigenvalue weighted by Crippen LogP contribution is -3.12. The number of benzene rings is 2. The second kappa shape index (κ2) is 10.5. The minimum absolute atomic E-state index is 0.0339. The number of nitrogens with zero attached hydrogens (tertiary/aromatic N) is 1. The Bertz CT molecular complexity index is 1050. The average Bonchev–Trinajstić information content (AvgIpc) is 3.09. The molecule has 0 unspecified atom stereocenters. The predicted octanol–water partition coefficient (Wildman–Crippen LogP) is 2.19. The number of aliphatic hydroxyl groups excluding tert-OH is 1. The Kier molecular flexibility index (Phi) is 7.71. The monoisotopic (exact) mass is 457 g/mol. The zero-order valence-electron chi connectivity index (χ0n) is 19.4. The summed E-state index contributed by atoms with van der Waals surface area (Å²) in [6.07, 6.45) is 0. The predicted molar refractivity (Wildman–Crippen MR) is 122 cm³/mol. The van der Waals surface area contributed by atoms with Crippen LogP contribution in [0.4, 0.5) is 4.39 Å². The molecule has 0 bridgehead atoms. The molecule has 1 aliphatic heterocycles. The number of hydrogen-bond donors (Lipinski definition) is 2. The fourth-order valence-corrected chi connectivity index (χ4v) is 4.13. The molecule has 0 aromatic heterocycles. The van der Waals surface area contributed by atoms with Gasteiger partial charge < -0.3 is 24.4 Å². The number of ether oxygens (including phenoxy) is 2. The van der Waals surface area contributed by atoms with Crippen LogP contribution in [0.5, 0.6) is 11.5 Å². The summed E-state index contributed by atoms with van der Waals surface area (Å²) in [6, 6.07) is 9.47. The second-order valence-electron chi connectivity index (χ2n) is 7.82. The van der Waals surface area contributed by atoms with Crippen LogP contribution in [-0.4, -0.2) is 62.1 Å². The highest BCUT2D eigenvalue weighted by molar-refractivity contribution is 6.46. The first-order chi connectivity index (χ1) is 15.9. The summed E-state index contributed by atoms with van der Waals surface area (Å²) < 4.78 is 24.1. The summed E-state index contributed by atoms with van der Waals surface area (Å²) in [6.45, 7) is 6.88. The van der Waals surface area contributed by atoms with Crippen molar-refractivity contribution in [3.05, 3.63) is 65.0 Å². The van der Waals surface area contributed by atoms with Gasteiger partial charge in [0.1, 0.15) is 11.6 Å². The molecule has 0 radical (unpaired) electrons. The molecule has 0 saturated carbocycles. The van der Waals surface area contributed by atoms with Crippen LogP contribution in [0.2, 0.25) is 0 Å². The molecule has 2 aromatic rings. The van der Waals surface area contributed by atoms with Gasteiger partial charge in [-0.05, 0) is 55.8 Å². The Morgan fingerprint density at radius 1 is 1.03 bits per heavy atom. The van der Waals surface area contributed by atoms with Gasteiger partial charge >= 0.3 is 0 Å². The van der Waals surface area contributed by atoms with E-state index in [9.17, 15) is 19.1 Å². The summed E-state index contributed by atoms with van der Waals surface area (Å²) in [4.78, 5) is 28.9. The summed E-state index contributed by atoms with van der Waals surface area (Å²) in [5.41, 5.74) is 0.827. The molecule has 0 spiro atoms. The Morgan fingerprint density at radius 3 is 2.24 bits per heavy atom. The molecule has 176 valence electrons. The van der Waals surface area contributed by atoms with Crippen LogP contribution in [0.25, 0.3) is 5.76 Å². The van der Waals surface area contributed by atoms with Gasteiger partial charge in [0, 0.05) is 5.56 Å². The number of methoxy groups -OCH3 is 2. The van der Waals surface area contributed by atoms with Crippen molar-refractivity contribution in [1.29, 1.82) is 0 Å². The normalized spacial score (nSPS) is 17.6. The maximum absolute atomic E-state index is 13.4. The Balaban J connectivity index is 2.14. The summed E-state index contributed by atoms with van der Waals surface area (Å²) in [5.74, 6) is -1.31. The highest BCUT2D eigenvalue weighted by atomic mass is 19.1. The maximum atomic E-state index is 13.4. The van der Waals surface area contributed by atoms with Gasteiger partial charge in [-0.3, -0.25) is 9.59 Å². The van der Waals surface area contributed by atoms with Crippen molar-refractivity contribution in [3.63, 3.8) is 0 Å². The van der Waals surface area contributed by atoms with Crippen LogP contribution >= 0.6 is 0 Å². The lowest BCUT2D eigenvalue weighted by atomic mass is 9.95. The van der Waals surface area contributed by atoms with E-state index in [-0.39, 0.29) is 16.9 Å². The van der Waals surface area contributed by atoms with E-state index >= 15 is 0 Å². The van der Waals surface area contributed by atoms with Gasteiger partial charge in [0.25, 0.3) is 11.7 Å². The van der Waals surface area contributed by atoms with Crippen LogP contribution in [0, 0.1) is 5.82 Å². The topological polar surface area (TPSA) is 80.5 Å². The number of likely N-dealkylation sites (tertiary alicyclic amines) is 1. The Hall–Kier alpha value is -3.39. The van der Waals surface area contributed by atoms with Gasteiger partial charge in [0.2, 0.25) is 0 Å². The van der Waals surface area contributed by atoms with Crippen molar-refractivity contribution >= 4 is 17.4 Å². The first-order valence-corrected chi connectivity index (χ1v) is 11.0. The second-order valence-corrected chi connectivity index (χ2v) is 7.82. The van der Waals surface area contributed by atoms with Crippen LogP contribution < -0.4 is 14.4 Å². The van der Waals surface area contributed by atoms with E-state index in [1.807, 2.05) is 0 Å². The van der Waals surface area contributed by atoms with Crippen molar-refractivity contribution in [2.24, 2.45) is 0 Å². The number of likely N-dealkylation sites (N-methyl/N-ethyl adjacent to an activating group) is 1. The number of ketones is 1. The van der Waals surface area contributed by atoms with Gasteiger partial charge in [0.05, 0.1) is 52.0 Å². The number of aliphatic hydroxyl groups is 1. The highest BCUT2D eigenvalue weighted by Gasteiger charge is 2.46. The van der Waals surface area contributed by atoms with E-state index in [1.54, 1.807) is 18.2 Å². The fraction of sp³-hybridized carbons (Fsp3) is 0.360. The molecule has 1 amide bonds. The average molecular weight is 458 g/mol. The zero-order valence-corrected chi connectivity index (χ0v) is 19.4. The standard InChI is InChI=1S/C25H29FN2O5/c1-5-27(6-2)13-14-28-22(17-9-12-19(32-3)20(15-17)33-4)21(24(30)25(28)31)23(29)16-7-10-18(26)11-8-16/h7-12,15,22,29H,5-6,13-14H2,1-4H3/p+1/t22-/m0/s1. The van der Waals surface area contributed by atoms with E-state index in [1.165, 1.54) is 48.3 Å². The van der Waals surface area contributed by atoms with Crippen LogP contribution in [0.1, 0.15) is 31.0 Å². The molecule has 1 saturated heterocycles. The van der Waals surface area contributed by atoms with Crippen LogP contribution in [0.15, 0.2) is 48.0 Å². The third kappa shape index (κ3) is 4.85. The minimum Gasteiger partial charge on any atom is -0.507 e. The Labute approximate surface area is 193 Å². The number of rotatable bonds is 9. The third-order valence-corrected chi connectivity index (χ3v) is 6.09. The quantitative estimate of drug-likeness (QED) is 0.343. The highest BCUT2D eigenvalue weighted by Crippen LogP contribution is 2.41. The first-order valence-electron chi connectivity index (χ1n) is 11.0. The summed E-state index contributed by atoms with van der Waals surface area (Å²) in [7, 11) is 3.02. The lowest BCUT2D eigenvalue weighted by Gasteiger charge is -2.27. The van der Waals surface area contributed by atoms with Crippen molar-refractivity contribution in [1.82, 2.24) is 4.90 Å². The molecule has 33 heavy (non-hydrogen) atoms. The number of halogens is 1. The number of carbonyl (C=O) groups is 2. The van der Waals surface area contributed by atoms with Crippen LogP contribution in [0.3, 0.4) is 0 Å². The van der Waals surface area contributed by atoms with Crippen molar-refractivity contribution < 1.29 is 33.5 Å². The number of carbonyl (C=O) groups excluding carboxylic acids is 2. The van der Waals surface area contributed by atoms with Crippen molar-refractivity contribution in [2.75, 3.05) is 40.4 Å². The summed E-state index contributed by atoms with van der Waals surface area (Å²) in [5, 5.41) is 11.0. The van der Waals surface area contributed by atoms with Gasteiger partial charge in [-0.2, -0.15) is 0 Å². The van der Waals surface area contributed by atoms with E-state index in [4.69, 9.17) is 9.47 Å². The molecule has 1 heterocycles. The van der Waals surface area contributed by atoms with E-state index in [0.717, 1.165) is 13.1 Å². The zero-order chi connectivity index (χ0) is 24.1. The molecule has 1 fully saturated rings. The molecule has 1 aliphatic rings. The SMILES string of the molecule is CC[NH+](CC)CCN1C(=O)C(=O)C(=C(O)c2ccc(F)cc2)[C@@H]1c1ccc(OC)c(OC)c1. The van der Waals surface area contributed by atoms with Gasteiger partial charge in [0.15, 0.2) is 11.5 Å². The molecule has 2 aromatic carbocycles.